The smallest absolute Gasteiger partial charge is 0.0880 e. The molecule has 0 aromatic heterocycles. The maximum absolute atomic E-state index is 10.1. The normalized spacial score (nSPS) is 43.4. The molecule has 3 nitrogen and oxygen atoms in total. The molecule has 90 valence electrons. The van der Waals surface area contributed by atoms with Crippen LogP contribution in [0.4, 0.5) is 0 Å². The molecule has 3 heteroatoms. The van der Waals surface area contributed by atoms with Gasteiger partial charge < -0.3 is 14.6 Å². The molecule has 0 bridgehead atoms. The van der Waals surface area contributed by atoms with Crippen molar-refractivity contribution in [2.75, 3.05) is 13.7 Å². The minimum Gasteiger partial charge on any atom is -0.390 e. The van der Waals surface area contributed by atoms with Gasteiger partial charge in [0.1, 0.15) is 0 Å². The highest BCUT2D eigenvalue weighted by atomic mass is 16.5. The number of aliphatic hydroxyl groups excluding tert-OH is 1. The molecule has 15 heavy (non-hydrogen) atoms. The Balaban J connectivity index is 2.69. The van der Waals surface area contributed by atoms with E-state index < -0.39 is 0 Å². The number of methoxy groups -OCH3 is 1. The molecule has 0 spiro atoms. The Morgan fingerprint density at radius 1 is 1.40 bits per heavy atom. The first-order valence-corrected chi connectivity index (χ1v) is 5.92. The Bertz CT molecular complexity index is 184. The predicted molar refractivity (Wildman–Crippen MR) is 59.8 cm³/mol. The monoisotopic (exact) mass is 216 g/mol. The lowest BCUT2D eigenvalue weighted by Gasteiger charge is -2.35. The SMILES string of the molecule is CCC1COC(C)C(C)CC(O)C1OC. The molecule has 0 saturated carbocycles. The average Bonchev–Trinajstić information content (AvgIpc) is 2.21. The van der Waals surface area contributed by atoms with Gasteiger partial charge in [-0.3, -0.25) is 0 Å². The van der Waals surface area contributed by atoms with Crippen LogP contribution in [0.3, 0.4) is 0 Å². The first kappa shape index (κ1) is 12.9. The van der Waals surface area contributed by atoms with Crippen molar-refractivity contribution in [1.29, 1.82) is 0 Å². The summed E-state index contributed by atoms with van der Waals surface area (Å²) in [5.74, 6) is 0.690. The molecule has 5 unspecified atom stereocenters. The first-order valence-electron chi connectivity index (χ1n) is 5.92. The molecular formula is C12H24O3. The van der Waals surface area contributed by atoms with Crippen molar-refractivity contribution in [1.82, 2.24) is 0 Å². The Hall–Kier alpha value is -0.120. The topological polar surface area (TPSA) is 38.7 Å². The van der Waals surface area contributed by atoms with Gasteiger partial charge in [0, 0.05) is 13.0 Å². The van der Waals surface area contributed by atoms with Crippen LogP contribution in [0.2, 0.25) is 0 Å². The summed E-state index contributed by atoms with van der Waals surface area (Å²) >= 11 is 0. The lowest BCUT2D eigenvalue weighted by Crippen LogP contribution is -2.42. The predicted octanol–water partition coefficient (Wildman–Crippen LogP) is 1.83. The van der Waals surface area contributed by atoms with Gasteiger partial charge >= 0.3 is 0 Å². The summed E-state index contributed by atoms with van der Waals surface area (Å²) in [5.41, 5.74) is 0. The Morgan fingerprint density at radius 3 is 2.60 bits per heavy atom. The number of ether oxygens (including phenoxy) is 2. The zero-order valence-corrected chi connectivity index (χ0v) is 10.3. The zero-order valence-electron chi connectivity index (χ0n) is 10.3. The van der Waals surface area contributed by atoms with Crippen LogP contribution < -0.4 is 0 Å². The summed E-state index contributed by atoms with van der Waals surface area (Å²) in [6.07, 6.45) is 1.53. The molecule has 1 heterocycles. The van der Waals surface area contributed by atoms with Crippen LogP contribution in [0.15, 0.2) is 0 Å². The van der Waals surface area contributed by atoms with Crippen molar-refractivity contribution in [3.63, 3.8) is 0 Å². The fraction of sp³-hybridized carbons (Fsp3) is 1.00. The van der Waals surface area contributed by atoms with Crippen molar-refractivity contribution >= 4 is 0 Å². The Kier molecular flexibility index (Phi) is 5.03. The van der Waals surface area contributed by atoms with Crippen LogP contribution in [-0.4, -0.2) is 37.1 Å². The van der Waals surface area contributed by atoms with E-state index in [9.17, 15) is 5.11 Å². The van der Waals surface area contributed by atoms with E-state index in [1.165, 1.54) is 0 Å². The van der Waals surface area contributed by atoms with Crippen LogP contribution in [0.25, 0.3) is 0 Å². The van der Waals surface area contributed by atoms with Crippen LogP contribution in [0.1, 0.15) is 33.6 Å². The minimum atomic E-state index is -0.360. The van der Waals surface area contributed by atoms with Gasteiger partial charge in [-0.25, -0.2) is 0 Å². The summed E-state index contributed by atoms with van der Waals surface area (Å²) in [7, 11) is 1.67. The summed E-state index contributed by atoms with van der Waals surface area (Å²) < 4.78 is 11.2. The summed E-state index contributed by atoms with van der Waals surface area (Å²) in [6, 6.07) is 0. The van der Waals surface area contributed by atoms with Crippen LogP contribution in [0.5, 0.6) is 0 Å². The lowest BCUT2D eigenvalue weighted by atomic mass is 9.87. The summed E-state index contributed by atoms with van der Waals surface area (Å²) in [4.78, 5) is 0. The number of hydrogen-bond acceptors (Lipinski definition) is 3. The molecule has 1 aliphatic heterocycles. The van der Waals surface area contributed by atoms with Gasteiger partial charge in [0.25, 0.3) is 0 Å². The van der Waals surface area contributed by atoms with Crippen molar-refractivity contribution in [3.8, 4) is 0 Å². The second-order valence-electron chi connectivity index (χ2n) is 4.69. The molecule has 1 rings (SSSR count). The third-order valence-corrected chi connectivity index (χ3v) is 3.63. The van der Waals surface area contributed by atoms with Crippen molar-refractivity contribution < 1.29 is 14.6 Å². The zero-order chi connectivity index (χ0) is 11.4. The molecule has 0 radical (unpaired) electrons. The van der Waals surface area contributed by atoms with Gasteiger partial charge in [0.15, 0.2) is 0 Å². The van der Waals surface area contributed by atoms with E-state index in [2.05, 4.69) is 20.8 Å². The van der Waals surface area contributed by atoms with E-state index in [1.54, 1.807) is 7.11 Å². The fourth-order valence-corrected chi connectivity index (χ4v) is 2.26. The molecule has 1 saturated heterocycles. The Labute approximate surface area is 92.8 Å². The van der Waals surface area contributed by atoms with Crippen LogP contribution in [-0.2, 0) is 9.47 Å². The van der Waals surface area contributed by atoms with Crippen molar-refractivity contribution in [2.45, 2.75) is 51.9 Å². The van der Waals surface area contributed by atoms with Crippen LogP contribution in [0, 0.1) is 11.8 Å². The highest BCUT2D eigenvalue weighted by Gasteiger charge is 2.32. The molecule has 0 amide bonds. The van der Waals surface area contributed by atoms with Gasteiger partial charge in [0.2, 0.25) is 0 Å². The third kappa shape index (κ3) is 3.16. The van der Waals surface area contributed by atoms with Gasteiger partial charge in [0.05, 0.1) is 24.9 Å². The second kappa shape index (κ2) is 5.83. The second-order valence-corrected chi connectivity index (χ2v) is 4.69. The van der Waals surface area contributed by atoms with E-state index in [-0.39, 0.29) is 18.3 Å². The molecule has 1 fully saturated rings. The van der Waals surface area contributed by atoms with Crippen molar-refractivity contribution in [2.24, 2.45) is 11.8 Å². The minimum absolute atomic E-state index is 0.0788. The van der Waals surface area contributed by atoms with E-state index in [4.69, 9.17) is 9.47 Å². The average molecular weight is 216 g/mol. The first-order chi connectivity index (χ1) is 7.10. The Morgan fingerprint density at radius 2 is 2.07 bits per heavy atom. The highest BCUT2D eigenvalue weighted by molar-refractivity contribution is 4.82. The maximum atomic E-state index is 10.1. The molecule has 0 aromatic rings. The van der Waals surface area contributed by atoms with E-state index in [1.807, 2.05) is 0 Å². The van der Waals surface area contributed by atoms with Crippen molar-refractivity contribution in [3.05, 3.63) is 0 Å². The maximum Gasteiger partial charge on any atom is 0.0880 e. The summed E-state index contributed by atoms with van der Waals surface area (Å²) in [6.45, 7) is 7.00. The van der Waals surface area contributed by atoms with Gasteiger partial charge in [-0.05, 0) is 25.7 Å². The van der Waals surface area contributed by atoms with Gasteiger partial charge in [-0.15, -0.1) is 0 Å². The molecule has 0 aliphatic carbocycles. The van der Waals surface area contributed by atoms with Gasteiger partial charge in [-0.2, -0.15) is 0 Å². The number of rotatable bonds is 2. The largest absolute Gasteiger partial charge is 0.390 e. The standard InChI is InChI=1S/C12H24O3/c1-5-10-7-15-9(3)8(2)6-11(13)12(10)14-4/h8-13H,5-7H2,1-4H3. The van der Waals surface area contributed by atoms with E-state index >= 15 is 0 Å². The lowest BCUT2D eigenvalue weighted by molar-refractivity contribution is -0.114. The van der Waals surface area contributed by atoms with E-state index in [0.717, 1.165) is 12.8 Å². The number of aliphatic hydroxyl groups is 1. The summed E-state index contributed by atoms with van der Waals surface area (Å²) in [5, 5.41) is 10.1. The number of hydrogen-bond donors (Lipinski definition) is 1. The van der Waals surface area contributed by atoms with E-state index in [0.29, 0.717) is 18.4 Å². The van der Waals surface area contributed by atoms with Gasteiger partial charge in [-0.1, -0.05) is 13.8 Å². The fourth-order valence-electron chi connectivity index (χ4n) is 2.26. The third-order valence-electron chi connectivity index (χ3n) is 3.63. The highest BCUT2D eigenvalue weighted by Crippen LogP contribution is 2.26. The molecule has 1 N–H and O–H groups in total. The molecule has 5 atom stereocenters. The quantitative estimate of drug-likeness (QED) is 0.765. The molecule has 1 aliphatic rings. The molecular weight excluding hydrogens is 192 g/mol. The van der Waals surface area contributed by atoms with Crippen LogP contribution >= 0.6 is 0 Å². The molecule has 0 aromatic carbocycles.